The van der Waals surface area contributed by atoms with Crippen molar-refractivity contribution >= 4 is 5.71 Å². The van der Waals surface area contributed by atoms with Gasteiger partial charge in [0.25, 0.3) is 5.56 Å². The molecule has 0 bridgehead atoms. The average molecular weight is 424 g/mol. The lowest BCUT2D eigenvalue weighted by molar-refractivity contribution is 0.372. The summed E-state index contributed by atoms with van der Waals surface area (Å²) >= 11 is 0. The molecule has 0 fully saturated rings. The molecule has 0 radical (unpaired) electrons. The molecule has 1 aliphatic heterocycles. The van der Waals surface area contributed by atoms with Crippen LogP contribution in [0.4, 0.5) is 0 Å². The Kier molecular flexibility index (Phi) is 5.12. The quantitative estimate of drug-likeness (QED) is 0.486. The number of benzene rings is 2. The largest absolute Gasteiger partial charge is 0.504 e. The summed E-state index contributed by atoms with van der Waals surface area (Å²) in [6, 6.07) is 11.2. The third-order valence-electron chi connectivity index (χ3n) is 5.06. The molecular weight excluding hydrogens is 404 g/mol. The van der Waals surface area contributed by atoms with Gasteiger partial charge < -0.3 is 25.1 Å². The number of aromatic hydroxyl groups is 2. The Morgan fingerprint density at radius 3 is 2.52 bits per heavy atom. The molecule has 0 saturated carbocycles. The van der Waals surface area contributed by atoms with Crippen LogP contribution < -0.4 is 26.1 Å². The van der Waals surface area contributed by atoms with Gasteiger partial charge in [-0.2, -0.15) is 5.10 Å². The van der Waals surface area contributed by atoms with Crippen LogP contribution in [-0.2, 0) is 0 Å². The SMILES string of the molecule is COc1ccc([C@@H]2CC(c3c(O)n(-c4ccccc4OC)c(=O)[nH]c3=O)=NN2)cc1O. The highest BCUT2D eigenvalue weighted by atomic mass is 16.5. The van der Waals surface area contributed by atoms with Crippen LogP contribution in [0.5, 0.6) is 23.1 Å². The molecule has 4 N–H and O–H groups in total. The summed E-state index contributed by atoms with van der Waals surface area (Å²) in [5.41, 5.74) is 2.46. The molecule has 0 spiro atoms. The first kappa shape index (κ1) is 20.1. The van der Waals surface area contributed by atoms with Crippen LogP contribution in [-0.4, -0.2) is 39.7 Å². The van der Waals surface area contributed by atoms with Gasteiger partial charge in [0, 0.05) is 6.42 Å². The number of H-pyrrole nitrogens is 1. The summed E-state index contributed by atoms with van der Waals surface area (Å²) in [6.07, 6.45) is 0.243. The molecule has 1 aliphatic rings. The van der Waals surface area contributed by atoms with E-state index in [9.17, 15) is 19.8 Å². The molecule has 10 heteroatoms. The topological polar surface area (TPSA) is 138 Å². The molecule has 0 unspecified atom stereocenters. The minimum Gasteiger partial charge on any atom is -0.504 e. The lowest BCUT2D eigenvalue weighted by atomic mass is 9.99. The van der Waals surface area contributed by atoms with Gasteiger partial charge in [0.05, 0.1) is 31.7 Å². The number of methoxy groups -OCH3 is 2. The van der Waals surface area contributed by atoms with Crippen LogP contribution in [0.3, 0.4) is 0 Å². The minimum absolute atomic E-state index is 0.0272. The van der Waals surface area contributed by atoms with Crippen LogP contribution in [0.1, 0.15) is 23.6 Å². The molecule has 10 nitrogen and oxygen atoms in total. The molecule has 1 aromatic heterocycles. The molecule has 3 aromatic rings. The molecule has 1 atom stereocenters. The van der Waals surface area contributed by atoms with Gasteiger partial charge in [-0.3, -0.25) is 9.78 Å². The Hall–Kier alpha value is -4.21. The summed E-state index contributed by atoms with van der Waals surface area (Å²) in [4.78, 5) is 27.2. The van der Waals surface area contributed by atoms with Crippen molar-refractivity contribution in [2.75, 3.05) is 14.2 Å². The third-order valence-corrected chi connectivity index (χ3v) is 5.06. The lowest BCUT2D eigenvalue weighted by Crippen LogP contribution is -2.33. The van der Waals surface area contributed by atoms with Crippen LogP contribution in [0.15, 0.2) is 57.2 Å². The number of ether oxygens (including phenoxy) is 2. The Balaban J connectivity index is 1.74. The van der Waals surface area contributed by atoms with E-state index in [1.807, 2.05) is 0 Å². The number of nitrogens with one attached hydrogen (secondary N) is 2. The Labute approximate surface area is 176 Å². The van der Waals surface area contributed by atoms with Gasteiger partial charge in [0.15, 0.2) is 11.5 Å². The number of hydrogen-bond donors (Lipinski definition) is 4. The Morgan fingerprint density at radius 1 is 1.06 bits per heavy atom. The fourth-order valence-corrected chi connectivity index (χ4v) is 3.54. The summed E-state index contributed by atoms with van der Waals surface area (Å²) in [5, 5.41) is 25.1. The van der Waals surface area contributed by atoms with Crippen molar-refractivity contribution in [1.82, 2.24) is 15.0 Å². The highest BCUT2D eigenvalue weighted by Gasteiger charge is 2.28. The second-order valence-electron chi connectivity index (χ2n) is 6.84. The van der Waals surface area contributed by atoms with Gasteiger partial charge in [0.2, 0.25) is 5.88 Å². The number of phenolic OH excluding ortho intramolecular Hbond substituents is 1. The number of aromatic nitrogens is 2. The zero-order valence-electron chi connectivity index (χ0n) is 16.7. The first-order valence-electron chi connectivity index (χ1n) is 9.35. The molecule has 2 aromatic carbocycles. The van der Waals surface area contributed by atoms with E-state index in [0.717, 1.165) is 4.57 Å². The summed E-state index contributed by atoms with van der Waals surface area (Å²) < 4.78 is 11.3. The van der Waals surface area contributed by atoms with E-state index in [1.54, 1.807) is 36.4 Å². The Bertz CT molecular complexity index is 1290. The zero-order valence-corrected chi connectivity index (χ0v) is 16.7. The van der Waals surface area contributed by atoms with Crippen molar-refractivity contribution in [3.63, 3.8) is 0 Å². The summed E-state index contributed by atoms with van der Waals surface area (Å²) in [6.45, 7) is 0. The Morgan fingerprint density at radius 2 is 1.81 bits per heavy atom. The number of nitrogens with zero attached hydrogens (tertiary/aromatic N) is 2. The maximum atomic E-state index is 12.5. The van der Waals surface area contributed by atoms with E-state index in [1.165, 1.54) is 20.3 Å². The second kappa shape index (κ2) is 7.90. The van der Waals surface area contributed by atoms with Crippen molar-refractivity contribution in [1.29, 1.82) is 0 Å². The molecule has 0 amide bonds. The molecule has 4 rings (SSSR count). The van der Waals surface area contributed by atoms with Crippen molar-refractivity contribution < 1.29 is 19.7 Å². The summed E-state index contributed by atoms with van der Waals surface area (Å²) in [5.74, 6) is 0.106. The monoisotopic (exact) mass is 424 g/mol. The summed E-state index contributed by atoms with van der Waals surface area (Å²) in [7, 11) is 2.89. The van der Waals surface area contributed by atoms with E-state index in [2.05, 4.69) is 15.5 Å². The van der Waals surface area contributed by atoms with Crippen molar-refractivity contribution in [2.45, 2.75) is 12.5 Å². The first-order chi connectivity index (χ1) is 14.9. The third kappa shape index (κ3) is 3.48. The van der Waals surface area contributed by atoms with Gasteiger partial charge in [-0.05, 0) is 29.8 Å². The van der Waals surface area contributed by atoms with E-state index < -0.39 is 17.1 Å². The van der Waals surface area contributed by atoms with E-state index in [-0.39, 0.29) is 35.2 Å². The molecule has 31 heavy (non-hydrogen) atoms. The number of hydrazone groups is 1. The van der Waals surface area contributed by atoms with Crippen LogP contribution in [0.2, 0.25) is 0 Å². The standard InChI is InChI=1S/C21H20N4O6/c1-30-16-6-4-3-5-14(16)25-20(28)18(19(27)22-21(25)29)13-10-12(23-24-13)11-7-8-17(31-2)15(26)9-11/h3-9,12,23,26,28H,10H2,1-2H3,(H,22,27,29)/t12-/m0/s1. The number of hydrogen-bond acceptors (Lipinski definition) is 8. The van der Waals surface area contributed by atoms with Crippen LogP contribution >= 0.6 is 0 Å². The number of aromatic amines is 1. The van der Waals surface area contributed by atoms with E-state index in [0.29, 0.717) is 17.1 Å². The fourth-order valence-electron chi connectivity index (χ4n) is 3.54. The van der Waals surface area contributed by atoms with Crippen LogP contribution in [0.25, 0.3) is 5.69 Å². The van der Waals surface area contributed by atoms with Crippen molar-refractivity contribution in [3.05, 3.63) is 74.4 Å². The second-order valence-corrected chi connectivity index (χ2v) is 6.84. The maximum absolute atomic E-state index is 12.5. The fraction of sp³-hybridized carbons (Fsp3) is 0.190. The average Bonchev–Trinajstić information content (AvgIpc) is 3.23. The van der Waals surface area contributed by atoms with Crippen molar-refractivity contribution in [3.8, 4) is 28.8 Å². The maximum Gasteiger partial charge on any atom is 0.335 e. The lowest BCUT2D eigenvalue weighted by Gasteiger charge is -2.14. The number of para-hydroxylation sites is 2. The number of rotatable bonds is 5. The van der Waals surface area contributed by atoms with E-state index >= 15 is 0 Å². The highest BCUT2D eigenvalue weighted by molar-refractivity contribution is 6.03. The molecule has 0 aliphatic carbocycles. The predicted octanol–water partition coefficient (Wildman–Crippen LogP) is 1.39. The number of phenols is 1. The van der Waals surface area contributed by atoms with E-state index in [4.69, 9.17) is 9.47 Å². The minimum atomic E-state index is -0.807. The van der Waals surface area contributed by atoms with Crippen molar-refractivity contribution in [2.24, 2.45) is 5.10 Å². The molecular formula is C21H20N4O6. The smallest absolute Gasteiger partial charge is 0.335 e. The van der Waals surface area contributed by atoms with Gasteiger partial charge in [-0.25, -0.2) is 9.36 Å². The van der Waals surface area contributed by atoms with Crippen LogP contribution in [0, 0.1) is 0 Å². The molecule has 2 heterocycles. The van der Waals surface area contributed by atoms with Gasteiger partial charge >= 0.3 is 5.69 Å². The zero-order chi connectivity index (χ0) is 22.1. The van der Waals surface area contributed by atoms with Gasteiger partial charge in [0.1, 0.15) is 11.3 Å². The molecule has 0 saturated heterocycles. The predicted molar refractivity (Wildman–Crippen MR) is 113 cm³/mol. The first-order valence-corrected chi connectivity index (χ1v) is 9.35. The highest BCUT2D eigenvalue weighted by Crippen LogP contribution is 2.33. The molecule has 160 valence electrons. The normalized spacial score (nSPS) is 15.3. The van der Waals surface area contributed by atoms with Gasteiger partial charge in [-0.15, -0.1) is 0 Å². The van der Waals surface area contributed by atoms with Gasteiger partial charge in [-0.1, -0.05) is 18.2 Å².